The molecule has 0 aliphatic carbocycles. The van der Waals surface area contributed by atoms with E-state index in [0.29, 0.717) is 5.16 Å². The van der Waals surface area contributed by atoms with Crippen LogP contribution < -0.4 is 5.32 Å². The minimum absolute atomic E-state index is 0.0115. The van der Waals surface area contributed by atoms with Crippen molar-refractivity contribution < 1.29 is 9.59 Å². The van der Waals surface area contributed by atoms with Crippen LogP contribution in [0.2, 0.25) is 0 Å². The van der Waals surface area contributed by atoms with E-state index in [1.165, 1.54) is 16.7 Å². The van der Waals surface area contributed by atoms with Gasteiger partial charge in [0.25, 0.3) is 0 Å². The lowest BCUT2D eigenvalue weighted by Crippen LogP contribution is -2.39. The number of carbonyl (C=O) groups is 2. The van der Waals surface area contributed by atoms with Gasteiger partial charge in [-0.1, -0.05) is 43.0 Å². The molecule has 1 unspecified atom stereocenters. The van der Waals surface area contributed by atoms with Gasteiger partial charge in [0.05, 0.1) is 11.8 Å². The monoisotopic (exact) mass is 397 g/mol. The first-order valence-electron chi connectivity index (χ1n) is 9.08. The Kier molecular flexibility index (Phi) is 6.30. The lowest BCUT2D eigenvalue weighted by Gasteiger charge is -2.20. The third kappa shape index (κ3) is 4.51. The number of rotatable bonds is 7. The first kappa shape index (κ1) is 19.9. The smallest absolute Gasteiger partial charge is 0.243 e. The van der Waals surface area contributed by atoms with Crippen molar-refractivity contribution >= 4 is 34.9 Å². The normalized spacial score (nSPS) is 12.0. The molecule has 0 saturated heterocycles. The van der Waals surface area contributed by atoms with Crippen LogP contribution in [0.5, 0.6) is 0 Å². The van der Waals surface area contributed by atoms with E-state index in [2.05, 4.69) is 15.5 Å². The van der Waals surface area contributed by atoms with Crippen LogP contribution in [0.3, 0.4) is 0 Å². The minimum Gasteiger partial charge on any atom is -0.335 e. The summed E-state index contributed by atoms with van der Waals surface area (Å²) in [6, 6.07) is 13.3. The SMILES string of the molecule is CCc1ccccc1NC(=O)CN(C)C(=O)C(C)Sc1nnc2ccccn12. The number of benzene rings is 1. The maximum absolute atomic E-state index is 12.7. The van der Waals surface area contributed by atoms with Crippen molar-refractivity contribution in [3.63, 3.8) is 0 Å². The zero-order valence-electron chi connectivity index (χ0n) is 16.1. The number of hydrogen-bond donors (Lipinski definition) is 1. The highest BCUT2D eigenvalue weighted by Gasteiger charge is 2.22. The molecule has 0 fully saturated rings. The van der Waals surface area contributed by atoms with Gasteiger partial charge in [0.1, 0.15) is 0 Å². The Hall–Kier alpha value is -2.87. The molecule has 0 bridgehead atoms. The average molecular weight is 398 g/mol. The van der Waals surface area contributed by atoms with E-state index >= 15 is 0 Å². The summed E-state index contributed by atoms with van der Waals surface area (Å²) in [5.74, 6) is -0.363. The summed E-state index contributed by atoms with van der Waals surface area (Å²) in [6.07, 6.45) is 2.68. The number of thioether (sulfide) groups is 1. The number of likely N-dealkylation sites (N-methyl/N-ethyl adjacent to an activating group) is 1. The molecule has 0 aliphatic heterocycles. The zero-order chi connectivity index (χ0) is 20.1. The van der Waals surface area contributed by atoms with Crippen molar-refractivity contribution in [2.75, 3.05) is 18.9 Å². The first-order chi connectivity index (χ1) is 13.5. The van der Waals surface area contributed by atoms with Crippen LogP contribution >= 0.6 is 11.8 Å². The quantitative estimate of drug-likeness (QED) is 0.620. The molecule has 3 aromatic rings. The van der Waals surface area contributed by atoms with Crippen LogP contribution in [0.15, 0.2) is 53.8 Å². The van der Waals surface area contributed by atoms with E-state index in [0.717, 1.165) is 23.3 Å². The Labute approximate surface area is 168 Å². The largest absolute Gasteiger partial charge is 0.335 e. The van der Waals surface area contributed by atoms with Crippen molar-refractivity contribution in [3.8, 4) is 0 Å². The standard InChI is InChI=1S/C20H23N5O2S/c1-4-15-9-5-6-10-16(15)21-18(26)13-24(3)19(27)14(2)28-20-23-22-17-11-7-8-12-25(17)20/h5-12,14H,4,13H2,1-3H3,(H,21,26). The number of aryl methyl sites for hydroxylation is 1. The van der Waals surface area contributed by atoms with E-state index in [1.807, 2.05) is 60.0 Å². The fourth-order valence-electron chi connectivity index (χ4n) is 2.85. The molecule has 3 rings (SSSR count). The van der Waals surface area contributed by atoms with Crippen LogP contribution in [-0.2, 0) is 16.0 Å². The van der Waals surface area contributed by atoms with E-state index in [-0.39, 0.29) is 18.4 Å². The molecule has 2 aromatic heterocycles. The molecule has 0 spiro atoms. The summed E-state index contributed by atoms with van der Waals surface area (Å²) < 4.78 is 1.84. The number of hydrogen-bond acceptors (Lipinski definition) is 5. The van der Waals surface area contributed by atoms with Crippen LogP contribution in [0.1, 0.15) is 19.4 Å². The van der Waals surface area contributed by atoms with Crippen LogP contribution in [-0.4, -0.2) is 50.2 Å². The molecule has 1 aromatic carbocycles. The third-order valence-corrected chi connectivity index (χ3v) is 5.39. The second-order valence-corrected chi connectivity index (χ2v) is 7.73. The fraction of sp³-hybridized carbons (Fsp3) is 0.300. The van der Waals surface area contributed by atoms with Crippen LogP contribution in [0, 0.1) is 0 Å². The number of amides is 2. The average Bonchev–Trinajstić information content (AvgIpc) is 3.10. The number of aromatic nitrogens is 3. The number of nitrogens with one attached hydrogen (secondary N) is 1. The van der Waals surface area contributed by atoms with Gasteiger partial charge in [-0.15, -0.1) is 10.2 Å². The van der Waals surface area contributed by atoms with Gasteiger partial charge in [-0.25, -0.2) is 0 Å². The second-order valence-electron chi connectivity index (χ2n) is 6.42. The van der Waals surface area contributed by atoms with Crippen molar-refractivity contribution in [2.45, 2.75) is 30.7 Å². The van der Waals surface area contributed by atoms with Crippen LogP contribution in [0.4, 0.5) is 5.69 Å². The lowest BCUT2D eigenvalue weighted by molar-refractivity contribution is -0.132. The van der Waals surface area contributed by atoms with Crippen molar-refractivity contribution in [3.05, 3.63) is 54.2 Å². The number of para-hydroxylation sites is 1. The zero-order valence-corrected chi connectivity index (χ0v) is 16.9. The van der Waals surface area contributed by atoms with Gasteiger partial charge in [0, 0.05) is 18.9 Å². The van der Waals surface area contributed by atoms with Crippen molar-refractivity contribution in [1.82, 2.24) is 19.5 Å². The van der Waals surface area contributed by atoms with E-state index in [4.69, 9.17) is 0 Å². The molecule has 8 heteroatoms. The molecule has 0 aliphatic rings. The fourth-order valence-corrected chi connectivity index (χ4v) is 3.81. The van der Waals surface area contributed by atoms with Crippen molar-refractivity contribution in [2.24, 2.45) is 0 Å². The number of carbonyl (C=O) groups excluding carboxylic acids is 2. The highest BCUT2D eigenvalue weighted by atomic mass is 32.2. The number of fused-ring (bicyclic) bond motifs is 1. The van der Waals surface area contributed by atoms with Gasteiger partial charge in [-0.05, 0) is 37.1 Å². The number of pyridine rings is 1. The Morgan fingerprint density at radius 3 is 2.71 bits per heavy atom. The van der Waals surface area contributed by atoms with Gasteiger partial charge >= 0.3 is 0 Å². The number of nitrogens with zero attached hydrogens (tertiary/aromatic N) is 4. The van der Waals surface area contributed by atoms with E-state index < -0.39 is 5.25 Å². The third-order valence-electron chi connectivity index (χ3n) is 4.34. The molecule has 7 nitrogen and oxygen atoms in total. The second kappa shape index (κ2) is 8.88. The Morgan fingerprint density at radius 1 is 1.18 bits per heavy atom. The summed E-state index contributed by atoms with van der Waals surface area (Å²) in [5, 5.41) is 11.4. The molecule has 1 atom stereocenters. The van der Waals surface area contributed by atoms with E-state index in [9.17, 15) is 9.59 Å². The maximum atomic E-state index is 12.7. The minimum atomic E-state index is -0.395. The molecule has 1 N–H and O–H groups in total. The summed E-state index contributed by atoms with van der Waals surface area (Å²) in [5.41, 5.74) is 2.58. The molecule has 0 radical (unpaired) electrons. The summed E-state index contributed by atoms with van der Waals surface area (Å²) in [6.45, 7) is 3.83. The predicted molar refractivity (Wildman–Crippen MR) is 110 cm³/mol. The topological polar surface area (TPSA) is 79.6 Å². The van der Waals surface area contributed by atoms with Crippen LogP contribution in [0.25, 0.3) is 5.65 Å². The van der Waals surface area contributed by atoms with E-state index in [1.54, 1.807) is 14.0 Å². The Bertz CT molecular complexity index is 987. The van der Waals surface area contributed by atoms with Crippen molar-refractivity contribution in [1.29, 1.82) is 0 Å². The molecule has 0 saturated carbocycles. The van der Waals surface area contributed by atoms with Gasteiger partial charge < -0.3 is 10.2 Å². The maximum Gasteiger partial charge on any atom is 0.243 e. The lowest BCUT2D eigenvalue weighted by atomic mass is 10.1. The van der Waals surface area contributed by atoms with Gasteiger partial charge in [-0.2, -0.15) is 0 Å². The molecular formula is C20H23N5O2S. The summed E-state index contributed by atoms with van der Waals surface area (Å²) >= 11 is 1.32. The molecule has 2 heterocycles. The van der Waals surface area contributed by atoms with Gasteiger partial charge in [0.15, 0.2) is 10.8 Å². The highest BCUT2D eigenvalue weighted by molar-refractivity contribution is 8.00. The molecular weight excluding hydrogens is 374 g/mol. The Balaban J connectivity index is 1.59. The first-order valence-corrected chi connectivity index (χ1v) is 9.96. The molecule has 2 amide bonds. The summed E-state index contributed by atoms with van der Waals surface area (Å²) in [7, 11) is 1.63. The number of anilines is 1. The van der Waals surface area contributed by atoms with Gasteiger partial charge in [0.2, 0.25) is 11.8 Å². The molecule has 28 heavy (non-hydrogen) atoms. The summed E-state index contributed by atoms with van der Waals surface area (Å²) in [4.78, 5) is 26.5. The highest BCUT2D eigenvalue weighted by Crippen LogP contribution is 2.23. The molecule has 146 valence electrons. The van der Waals surface area contributed by atoms with Gasteiger partial charge in [-0.3, -0.25) is 14.0 Å². The Morgan fingerprint density at radius 2 is 1.93 bits per heavy atom. The predicted octanol–water partition coefficient (Wildman–Crippen LogP) is 2.87.